The molecule has 0 bridgehead atoms. The van der Waals surface area contributed by atoms with Crippen molar-refractivity contribution < 1.29 is 9.84 Å². The van der Waals surface area contributed by atoms with Crippen molar-refractivity contribution in [2.24, 2.45) is 0 Å². The van der Waals surface area contributed by atoms with E-state index in [0.717, 1.165) is 21.5 Å². The number of methoxy groups -OCH3 is 1. The molecule has 0 aliphatic heterocycles. The molecule has 0 saturated heterocycles. The molecule has 0 saturated carbocycles. The summed E-state index contributed by atoms with van der Waals surface area (Å²) in [5.74, 6) is 0. The Morgan fingerprint density at radius 1 is 1.53 bits per heavy atom. The largest absolute Gasteiger partial charge is 0.383 e. The van der Waals surface area contributed by atoms with E-state index in [9.17, 15) is 5.11 Å². The van der Waals surface area contributed by atoms with Crippen LogP contribution in [0.1, 0.15) is 28.5 Å². The van der Waals surface area contributed by atoms with Gasteiger partial charge in [0.15, 0.2) is 0 Å². The minimum atomic E-state index is -0.654. The zero-order chi connectivity index (χ0) is 13.8. The first kappa shape index (κ1) is 14.7. The van der Waals surface area contributed by atoms with Gasteiger partial charge in [-0.3, -0.25) is 4.68 Å². The van der Waals surface area contributed by atoms with E-state index in [2.05, 4.69) is 34.0 Å². The normalized spacial score (nSPS) is 12.8. The summed E-state index contributed by atoms with van der Waals surface area (Å²) in [6, 6.07) is 4.04. The number of thiophene rings is 1. The Labute approximate surface area is 125 Å². The molecular weight excluding hydrogens is 328 g/mol. The molecule has 2 aromatic rings. The zero-order valence-corrected chi connectivity index (χ0v) is 13.4. The lowest BCUT2D eigenvalue weighted by Gasteiger charge is -2.12. The summed E-state index contributed by atoms with van der Waals surface area (Å²) in [4.78, 5) is 2.21. The molecule has 0 aromatic carbocycles. The van der Waals surface area contributed by atoms with Gasteiger partial charge in [-0.15, -0.1) is 11.3 Å². The predicted molar refractivity (Wildman–Crippen MR) is 79.6 cm³/mol. The van der Waals surface area contributed by atoms with Crippen LogP contribution < -0.4 is 0 Å². The smallest absolute Gasteiger partial charge is 0.131 e. The fourth-order valence-corrected chi connectivity index (χ4v) is 3.32. The fourth-order valence-electron chi connectivity index (χ4n) is 1.87. The third-order valence-corrected chi connectivity index (χ3v) is 4.79. The number of hydrogen-bond acceptors (Lipinski definition) is 4. The maximum absolute atomic E-state index is 10.5. The summed E-state index contributed by atoms with van der Waals surface area (Å²) in [5, 5.41) is 14.8. The van der Waals surface area contributed by atoms with Gasteiger partial charge in [-0.05, 0) is 34.5 Å². The number of nitrogens with zero attached hydrogens (tertiary/aromatic N) is 2. The Morgan fingerprint density at radius 3 is 2.95 bits per heavy atom. The van der Waals surface area contributed by atoms with E-state index in [1.54, 1.807) is 29.3 Å². The standard InChI is InChI=1S/C13H17BrN2O2S/c1-3-9-4-5-11(19-9)13(17)12-10(14)8-15-16(12)6-7-18-2/h4-5,8,13,17H,3,6-7H2,1-2H3. The molecule has 0 fully saturated rings. The quantitative estimate of drug-likeness (QED) is 0.876. The van der Waals surface area contributed by atoms with Gasteiger partial charge in [0, 0.05) is 16.9 Å². The highest BCUT2D eigenvalue weighted by atomic mass is 79.9. The van der Waals surface area contributed by atoms with Crippen molar-refractivity contribution in [1.29, 1.82) is 0 Å². The molecule has 1 N–H and O–H groups in total. The van der Waals surface area contributed by atoms with Gasteiger partial charge in [-0.2, -0.15) is 5.10 Å². The third-order valence-electron chi connectivity index (χ3n) is 2.90. The van der Waals surface area contributed by atoms with Gasteiger partial charge in [-0.25, -0.2) is 0 Å². The van der Waals surface area contributed by atoms with E-state index in [-0.39, 0.29) is 0 Å². The first-order chi connectivity index (χ1) is 9.17. The van der Waals surface area contributed by atoms with Gasteiger partial charge in [0.05, 0.1) is 29.5 Å². The molecule has 0 aliphatic rings. The average Bonchev–Trinajstić information content (AvgIpc) is 3.02. The van der Waals surface area contributed by atoms with Crippen LogP contribution in [0.4, 0.5) is 0 Å². The Kier molecular flexibility index (Phi) is 5.15. The van der Waals surface area contributed by atoms with Crippen LogP contribution in [0.2, 0.25) is 0 Å². The van der Waals surface area contributed by atoms with E-state index in [1.807, 2.05) is 6.07 Å². The molecule has 2 heterocycles. The van der Waals surface area contributed by atoms with Crippen molar-refractivity contribution in [1.82, 2.24) is 9.78 Å². The number of ether oxygens (including phenoxy) is 1. The number of hydrogen-bond donors (Lipinski definition) is 1. The summed E-state index contributed by atoms with van der Waals surface area (Å²) in [6.45, 7) is 3.31. The first-order valence-corrected chi connectivity index (χ1v) is 7.75. The van der Waals surface area contributed by atoms with Gasteiger partial charge in [0.2, 0.25) is 0 Å². The van der Waals surface area contributed by atoms with E-state index >= 15 is 0 Å². The molecule has 104 valence electrons. The molecule has 4 nitrogen and oxygen atoms in total. The minimum absolute atomic E-state index is 0.568. The second-order valence-corrected chi connectivity index (χ2v) is 6.21. The third kappa shape index (κ3) is 3.25. The van der Waals surface area contributed by atoms with Crippen LogP contribution in [0.3, 0.4) is 0 Å². The van der Waals surface area contributed by atoms with Crippen LogP contribution in [0.15, 0.2) is 22.8 Å². The van der Waals surface area contributed by atoms with Crippen LogP contribution in [0.5, 0.6) is 0 Å². The van der Waals surface area contributed by atoms with Crippen molar-refractivity contribution in [3.05, 3.63) is 38.3 Å². The van der Waals surface area contributed by atoms with Gasteiger partial charge < -0.3 is 9.84 Å². The second-order valence-electron chi connectivity index (χ2n) is 4.15. The molecule has 0 aliphatic carbocycles. The minimum Gasteiger partial charge on any atom is -0.383 e. The van der Waals surface area contributed by atoms with Crippen LogP contribution in [-0.2, 0) is 17.7 Å². The summed E-state index contributed by atoms with van der Waals surface area (Å²) in [7, 11) is 1.65. The molecule has 0 amide bonds. The topological polar surface area (TPSA) is 47.3 Å². The number of halogens is 1. The van der Waals surface area contributed by atoms with Crippen LogP contribution >= 0.6 is 27.3 Å². The Morgan fingerprint density at radius 2 is 2.32 bits per heavy atom. The van der Waals surface area contributed by atoms with Gasteiger partial charge in [-0.1, -0.05) is 6.92 Å². The van der Waals surface area contributed by atoms with Crippen molar-refractivity contribution in [3.63, 3.8) is 0 Å². The van der Waals surface area contributed by atoms with Crippen molar-refractivity contribution in [2.75, 3.05) is 13.7 Å². The maximum atomic E-state index is 10.5. The average molecular weight is 345 g/mol. The Hall–Kier alpha value is -0.690. The molecule has 1 unspecified atom stereocenters. The lowest BCUT2D eigenvalue weighted by atomic mass is 10.2. The predicted octanol–water partition coefficient (Wildman–Crippen LogP) is 3.00. The fraction of sp³-hybridized carbons (Fsp3) is 0.462. The SMILES string of the molecule is CCc1ccc(C(O)c2c(Br)cnn2CCOC)s1. The Balaban J connectivity index is 2.26. The molecule has 0 radical (unpaired) electrons. The summed E-state index contributed by atoms with van der Waals surface area (Å²) < 4.78 is 7.66. The molecule has 1 atom stereocenters. The molecule has 6 heteroatoms. The van der Waals surface area contributed by atoms with Crippen LogP contribution in [-0.4, -0.2) is 28.6 Å². The highest BCUT2D eigenvalue weighted by Crippen LogP contribution is 2.32. The van der Waals surface area contributed by atoms with E-state index in [1.165, 1.54) is 4.88 Å². The molecule has 19 heavy (non-hydrogen) atoms. The summed E-state index contributed by atoms with van der Waals surface area (Å²) in [6.07, 6.45) is 2.04. The molecule has 0 spiro atoms. The van der Waals surface area contributed by atoms with E-state index in [4.69, 9.17) is 4.74 Å². The number of aromatic nitrogens is 2. The lowest BCUT2D eigenvalue weighted by Crippen LogP contribution is -2.13. The monoisotopic (exact) mass is 344 g/mol. The number of aliphatic hydroxyl groups excluding tert-OH is 1. The molecular formula is C13H17BrN2O2S. The van der Waals surface area contributed by atoms with Gasteiger partial charge >= 0.3 is 0 Å². The summed E-state index contributed by atoms with van der Waals surface area (Å²) in [5.41, 5.74) is 0.779. The van der Waals surface area contributed by atoms with Crippen molar-refractivity contribution in [3.8, 4) is 0 Å². The van der Waals surface area contributed by atoms with E-state index in [0.29, 0.717) is 13.2 Å². The second kappa shape index (κ2) is 6.65. The van der Waals surface area contributed by atoms with Gasteiger partial charge in [0.1, 0.15) is 6.10 Å². The first-order valence-electron chi connectivity index (χ1n) is 6.14. The van der Waals surface area contributed by atoms with Crippen LogP contribution in [0.25, 0.3) is 0 Å². The highest BCUT2D eigenvalue weighted by Gasteiger charge is 2.21. The summed E-state index contributed by atoms with van der Waals surface area (Å²) >= 11 is 5.09. The Bertz CT molecular complexity index is 538. The number of rotatable bonds is 6. The van der Waals surface area contributed by atoms with Crippen molar-refractivity contribution in [2.45, 2.75) is 26.0 Å². The number of aliphatic hydroxyl groups is 1. The van der Waals surface area contributed by atoms with Crippen molar-refractivity contribution >= 4 is 27.3 Å². The van der Waals surface area contributed by atoms with Crippen LogP contribution in [0, 0.1) is 0 Å². The van der Waals surface area contributed by atoms with Gasteiger partial charge in [0.25, 0.3) is 0 Å². The highest BCUT2D eigenvalue weighted by molar-refractivity contribution is 9.10. The number of aryl methyl sites for hydroxylation is 1. The van der Waals surface area contributed by atoms with E-state index < -0.39 is 6.10 Å². The lowest BCUT2D eigenvalue weighted by molar-refractivity contribution is 0.172. The zero-order valence-electron chi connectivity index (χ0n) is 11.0. The molecule has 2 rings (SSSR count). The molecule has 2 aromatic heterocycles. The maximum Gasteiger partial charge on any atom is 0.131 e.